The molecular formula is C38H52. The van der Waals surface area contributed by atoms with Gasteiger partial charge >= 0.3 is 0 Å². The predicted molar refractivity (Wildman–Crippen MR) is 172 cm³/mol. The molecule has 0 unspecified atom stereocenters. The second-order valence-electron chi connectivity index (χ2n) is 11.1. The van der Waals surface area contributed by atoms with E-state index >= 15 is 0 Å². The molecule has 0 nitrogen and oxygen atoms in total. The van der Waals surface area contributed by atoms with E-state index in [2.05, 4.69) is 158 Å². The Labute approximate surface area is 235 Å². The highest BCUT2D eigenvalue weighted by Crippen LogP contribution is 2.16. The molecule has 0 aliphatic heterocycles. The summed E-state index contributed by atoms with van der Waals surface area (Å²) in [4.78, 5) is 0. The first kappa shape index (κ1) is 32.9. The number of aryl methyl sites for hydroxylation is 11. The third-order valence-electron chi connectivity index (χ3n) is 7.73. The summed E-state index contributed by atoms with van der Waals surface area (Å²) in [7, 11) is 0. The van der Waals surface area contributed by atoms with Gasteiger partial charge in [-0.2, -0.15) is 0 Å². The van der Waals surface area contributed by atoms with Gasteiger partial charge in [-0.05, 0) is 158 Å². The minimum Gasteiger partial charge on any atom is -0.0590 e. The lowest BCUT2D eigenvalue weighted by Gasteiger charge is -2.06. The Morgan fingerprint density at radius 1 is 0.237 bits per heavy atom. The van der Waals surface area contributed by atoms with E-state index in [1.807, 2.05) is 0 Å². The van der Waals surface area contributed by atoms with Gasteiger partial charge in [0.1, 0.15) is 0 Å². The molecule has 4 rings (SSSR count). The summed E-state index contributed by atoms with van der Waals surface area (Å²) in [5, 5.41) is 0. The Kier molecular flexibility index (Phi) is 13.3. The molecule has 4 aromatic rings. The van der Waals surface area contributed by atoms with E-state index in [4.69, 9.17) is 0 Å². The highest BCUT2D eigenvalue weighted by Gasteiger charge is 1.98. The van der Waals surface area contributed by atoms with Crippen molar-refractivity contribution in [1.82, 2.24) is 0 Å². The Bertz CT molecular complexity index is 1240. The fraction of sp³-hybridized carbons (Fsp3) is 0.368. The van der Waals surface area contributed by atoms with Crippen LogP contribution in [-0.4, -0.2) is 0 Å². The third kappa shape index (κ3) is 10.7. The van der Waals surface area contributed by atoms with Crippen LogP contribution in [0.3, 0.4) is 0 Å². The summed E-state index contributed by atoms with van der Waals surface area (Å²) in [6.07, 6.45) is 0. The molecule has 0 aliphatic rings. The second-order valence-corrected chi connectivity index (χ2v) is 11.1. The number of benzene rings is 4. The molecule has 0 radical (unpaired) electrons. The first-order chi connectivity index (χ1) is 17.6. The molecule has 204 valence electrons. The molecule has 0 amide bonds. The molecule has 38 heavy (non-hydrogen) atoms. The normalized spacial score (nSPS) is 9.84. The average Bonchev–Trinajstić information content (AvgIpc) is 2.85. The van der Waals surface area contributed by atoms with Crippen LogP contribution in [0.25, 0.3) is 0 Å². The molecule has 0 spiro atoms. The van der Waals surface area contributed by atoms with Crippen molar-refractivity contribution in [3.63, 3.8) is 0 Å². The Balaban J connectivity index is 0.000000254. The molecule has 0 N–H and O–H groups in total. The van der Waals surface area contributed by atoms with Gasteiger partial charge in [0.15, 0.2) is 0 Å². The molecule has 0 bridgehead atoms. The van der Waals surface area contributed by atoms with Crippen LogP contribution in [0.2, 0.25) is 0 Å². The molecule has 0 aliphatic carbocycles. The quantitative estimate of drug-likeness (QED) is 0.221. The zero-order chi connectivity index (χ0) is 29.2. The topological polar surface area (TPSA) is 0 Å². The van der Waals surface area contributed by atoms with E-state index in [0.717, 1.165) is 0 Å². The van der Waals surface area contributed by atoms with E-state index in [1.165, 1.54) is 77.9 Å². The van der Waals surface area contributed by atoms with Crippen molar-refractivity contribution in [2.24, 2.45) is 0 Å². The molecular weight excluding hydrogens is 456 g/mol. The first-order valence-electron chi connectivity index (χ1n) is 13.8. The zero-order valence-electron chi connectivity index (χ0n) is 26.8. The van der Waals surface area contributed by atoms with Crippen molar-refractivity contribution < 1.29 is 0 Å². The largest absolute Gasteiger partial charge is 0.0590 e. The Hall–Kier alpha value is -3.12. The van der Waals surface area contributed by atoms with Gasteiger partial charge in [-0.25, -0.2) is 0 Å². The SMILES string of the molecule is Cc1cc(C)c(C)c(C)c1.Cc1ccc(C)c(C)c1.Cc1ccc(C)c(C)c1.Cc1ccc(C)c(C)c1C. The van der Waals surface area contributed by atoms with E-state index in [1.54, 1.807) is 0 Å². The molecule has 0 saturated carbocycles. The van der Waals surface area contributed by atoms with Crippen LogP contribution in [0.15, 0.2) is 60.7 Å². The van der Waals surface area contributed by atoms with E-state index in [-0.39, 0.29) is 0 Å². The lowest BCUT2D eigenvalue weighted by atomic mass is 10.0. The van der Waals surface area contributed by atoms with Crippen molar-refractivity contribution in [3.8, 4) is 0 Å². The highest BCUT2D eigenvalue weighted by molar-refractivity contribution is 5.38. The molecule has 0 atom stereocenters. The van der Waals surface area contributed by atoms with Gasteiger partial charge in [-0.3, -0.25) is 0 Å². The van der Waals surface area contributed by atoms with Crippen LogP contribution in [0, 0.1) is 96.9 Å². The van der Waals surface area contributed by atoms with Crippen molar-refractivity contribution in [3.05, 3.63) is 139 Å². The smallest absolute Gasteiger partial charge is 0.0392 e. The minimum absolute atomic E-state index is 1.35. The van der Waals surface area contributed by atoms with Crippen LogP contribution in [0.5, 0.6) is 0 Å². The highest BCUT2D eigenvalue weighted by atomic mass is 14.0. The lowest BCUT2D eigenvalue weighted by Crippen LogP contribution is -1.88. The summed E-state index contributed by atoms with van der Waals surface area (Å²) >= 11 is 0. The maximum atomic E-state index is 2.22. The zero-order valence-corrected chi connectivity index (χ0v) is 26.8. The van der Waals surface area contributed by atoms with Gasteiger partial charge in [0.05, 0.1) is 0 Å². The summed E-state index contributed by atoms with van der Waals surface area (Å²) in [6.45, 7) is 30.1. The summed E-state index contributed by atoms with van der Waals surface area (Å²) in [6, 6.07) is 21.8. The van der Waals surface area contributed by atoms with Crippen LogP contribution in [0.4, 0.5) is 0 Å². The molecule has 0 heteroatoms. The summed E-state index contributed by atoms with van der Waals surface area (Å²) in [5.74, 6) is 0. The monoisotopic (exact) mass is 508 g/mol. The summed E-state index contributed by atoms with van der Waals surface area (Å²) < 4.78 is 0. The third-order valence-corrected chi connectivity index (χ3v) is 7.73. The molecule has 0 saturated heterocycles. The van der Waals surface area contributed by atoms with E-state index < -0.39 is 0 Å². The molecule has 4 aromatic carbocycles. The van der Waals surface area contributed by atoms with Gasteiger partial charge in [0.2, 0.25) is 0 Å². The molecule has 0 heterocycles. The predicted octanol–water partition coefficient (Wildman–Crippen LogP) is 11.1. The van der Waals surface area contributed by atoms with Crippen LogP contribution < -0.4 is 0 Å². The standard InChI is InChI=1S/2C10H14.2C9H12/c1-7-5-8(2)10(4)9(3)6-7;1-7-5-6-8(2)10(4)9(7)3;2*1-7-4-5-8(2)9(3)6-7/h2*5-6H,1-4H3;2*4-6H,1-3H3. The Morgan fingerprint density at radius 3 is 0.816 bits per heavy atom. The van der Waals surface area contributed by atoms with E-state index in [9.17, 15) is 0 Å². The van der Waals surface area contributed by atoms with Crippen molar-refractivity contribution in [2.45, 2.75) is 96.9 Å². The molecule has 0 aromatic heterocycles. The second kappa shape index (κ2) is 15.3. The van der Waals surface area contributed by atoms with Gasteiger partial charge in [-0.1, -0.05) is 77.4 Å². The number of rotatable bonds is 0. The maximum Gasteiger partial charge on any atom is -0.0392 e. The maximum absolute atomic E-state index is 2.22. The van der Waals surface area contributed by atoms with Crippen LogP contribution in [-0.2, 0) is 0 Å². The average molecular weight is 509 g/mol. The van der Waals surface area contributed by atoms with Gasteiger partial charge < -0.3 is 0 Å². The fourth-order valence-corrected chi connectivity index (χ4v) is 4.13. The van der Waals surface area contributed by atoms with Crippen molar-refractivity contribution in [2.75, 3.05) is 0 Å². The van der Waals surface area contributed by atoms with Crippen molar-refractivity contribution >= 4 is 0 Å². The van der Waals surface area contributed by atoms with Crippen LogP contribution >= 0.6 is 0 Å². The van der Waals surface area contributed by atoms with E-state index in [0.29, 0.717) is 0 Å². The van der Waals surface area contributed by atoms with Gasteiger partial charge in [0, 0.05) is 0 Å². The first-order valence-corrected chi connectivity index (χ1v) is 13.8. The molecule has 0 fully saturated rings. The fourth-order valence-electron chi connectivity index (χ4n) is 4.13. The lowest BCUT2D eigenvalue weighted by molar-refractivity contribution is 1.22. The number of hydrogen-bond acceptors (Lipinski definition) is 0. The minimum atomic E-state index is 1.35. The van der Waals surface area contributed by atoms with Gasteiger partial charge in [-0.15, -0.1) is 0 Å². The van der Waals surface area contributed by atoms with Crippen molar-refractivity contribution in [1.29, 1.82) is 0 Å². The number of hydrogen-bond donors (Lipinski definition) is 0. The van der Waals surface area contributed by atoms with Gasteiger partial charge in [0.25, 0.3) is 0 Å². The van der Waals surface area contributed by atoms with Crippen LogP contribution in [0.1, 0.15) is 77.9 Å². The summed E-state index contributed by atoms with van der Waals surface area (Å²) in [5.41, 5.74) is 19.4. The Morgan fingerprint density at radius 2 is 0.526 bits per heavy atom.